The van der Waals surface area contributed by atoms with Gasteiger partial charge in [0.2, 0.25) is 0 Å². The summed E-state index contributed by atoms with van der Waals surface area (Å²) in [6, 6.07) is 5.34. The summed E-state index contributed by atoms with van der Waals surface area (Å²) in [5.41, 5.74) is 0.523. The molecule has 1 aromatic rings. The number of rotatable bonds is 6. The van der Waals surface area contributed by atoms with Crippen molar-refractivity contribution in [2.75, 3.05) is 25.6 Å². The van der Waals surface area contributed by atoms with Gasteiger partial charge in [-0.15, -0.1) is 0 Å². The zero-order valence-corrected chi connectivity index (χ0v) is 11.7. The van der Waals surface area contributed by atoms with E-state index in [-0.39, 0.29) is 6.42 Å². The van der Waals surface area contributed by atoms with Crippen LogP contribution in [0.5, 0.6) is 5.75 Å². The first kappa shape index (κ1) is 14.8. The number of hydrogen-bond donors (Lipinski definition) is 1. The van der Waals surface area contributed by atoms with Gasteiger partial charge in [0.15, 0.2) is 5.90 Å². The van der Waals surface area contributed by atoms with Crippen molar-refractivity contribution in [1.29, 1.82) is 0 Å². The molecule has 0 aliphatic carbocycles. The van der Waals surface area contributed by atoms with E-state index in [1.54, 1.807) is 24.3 Å². The van der Waals surface area contributed by atoms with E-state index < -0.39 is 11.4 Å². The lowest BCUT2D eigenvalue weighted by molar-refractivity contribution is 0.0738. The van der Waals surface area contributed by atoms with Crippen LogP contribution in [0.1, 0.15) is 6.42 Å². The number of ether oxygens (including phenoxy) is 2. The number of aliphatic imine (C=N–C) groups is 1. The van der Waals surface area contributed by atoms with E-state index in [1.807, 2.05) is 0 Å². The second-order valence-corrected chi connectivity index (χ2v) is 4.80. The summed E-state index contributed by atoms with van der Waals surface area (Å²) in [6.45, 7) is 0.927. The van der Waals surface area contributed by atoms with Crippen molar-refractivity contribution in [1.82, 2.24) is 0 Å². The highest BCUT2D eigenvalue weighted by molar-refractivity contribution is 6.22. The highest BCUT2D eigenvalue weighted by Gasteiger charge is 2.38. The normalized spacial score (nSPS) is 16.3. The molecular weight excluding hydrogens is 290 g/mol. The maximum absolute atomic E-state index is 13.4. The lowest BCUT2D eigenvalue weighted by atomic mass is 10.2. The van der Waals surface area contributed by atoms with E-state index in [2.05, 4.69) is 10.3 Å². The number of halogens is 3. The van der Waals surface area contributed by atoms with Crippen molar-refractivity contribution in [3.8, 4) is 5.75 Å². The van der Waals surface area contributed by atoms with E-state index in [4.69, 9.17) is 21.1 Å². The molecule has 0 fully saturated rings. The molecule has 1 N–H and O–H groups in total. The number of hydrogen-bond acceptors (Lipinski definition) is 4. The smallest absolute Gasteiger partial charge is 0.341 e. The molecule has 0 bridgehead atoms. The van der Waals surface area contributed by atoms with Crippen LogP contribution in [0.25, 0.3) is 0 Å². The Hall–Kier alpha value is -1.56. The fourth-order valence-corrected chi connectivity index (χ4v) is 1.95. The number of alkyl halides is 3. The minimum Gasteiger partial charge on any atom is -0.497 e. The van der Waals surface area contributed by atoms with E-state index in [9.17, 15) is 8.78 Å². The Morgan fingerprint density at radius 1 is 1.45 bits per heavy atom. The van der Waals surface area contributed by atoms with E-state index in [0.717, 1.165) is 0 Å². The van der Waals surface area contributed by atoms with Crippen molar-refractivity contribution < 1.29 is 18.3 Å². The fourth-order valence-electron chi connectivity index (χ4n) is 1.81. The third-order valence-corrected chi connectivity index (χ3v) is 3.12. The second-order valence-electron chi connectivity index (χ2n) is 4.30. The molecule has 4 nitrogen and oxygen atoms in total. The van der Waals surface area contributed by atoms with Crippen molar-refractivity contribution in [2.24, 2.45) is 4.99 Å². The standard InChI is InChI=1S/C13H15ClF2N2O2/c1-19-10-4-2-9(3-5-10)18-11(13(14,15)16)8-12-17-6-7-20-12/h2-5,11,18H,6-8H2,1H3. The van der Waals surface area contributed by atoms with Crippen LogP contribution in [-0.4, -0.2) is 37.6 Å². The van der Waals surface area contributed by atoms with Crippen LogP contribution >= 0.6 is 11.6 Å². The molecule has 20 heavy (non-hydrogen) atoms. The summed E-state index contributed by atoms with van der Waals surface area (Å²) in [5, 5.41) is -0.710. The highest BCUT2D eigenvalue weighted by Crippen LogP contribution is 2.30. The first-order valence-electron chi connectivity index (χ1n) is 6.12. The minimum atomic E-state index is -3.41. The molecule has 1 aliphatic heterocycles. The van der Waals surface area contributed by atoms with Gasteiger partial charge in [-0.25, -0.2) is 0 Å². The molecule has 1 atom stereocenters. The van der Waals surface area contributed by atoms with Crippen molar-refractivity contribution in [2.45, 2.75) is 17.8 Å². The van der Waals surface area contributed by atoms with Gasteiger partial charge in [-0.2, -0.15) is 8.78 Å². The highest BCUT2D eigenvalue weighted by atomic mass is 35.5. The minimum absolute atomic E-state index is 0.0669. The van der Waals surface area contributed by atoms with Crippen molar-refractivity contribution in [3.63, 3.8) is 0 Å². The monoisotopic (exact) mass is 304 g/mol. The first-order valence-corrected chi connectivity index (χ1v) is 6.50. The van der Waals surface area contributed by atoms with Gasteiger partial charge in [0.1, 0.15) is 18.4 Å². The number of nitrogens with one attached hydrogen (secondary N) is 1. The first-order chi connectivity index (χ1) is 9.49. The summed E-state index contributed by atoms with van der Waals surface area (Å²) in [7, 11) is 1.54. The maximum Gasteiger partial charge on any atom is 0.341 e. The largest absolute Gasteiger partial charge is 0.497 e. The average molecular weight is 305 g/mol. The summed E-state index contributed by atoms with van der Waals surface area (Å²) in [4.78, 5) is 4.00. The Morgan fingerprint density at radius 2 is 2.15 bits per heavy atom. The van der Waals surface area contributed by atoms with Crippen molar-refractivity contribution >= 4 is 23.2 Å². The molecule has 0 radical (unpaired) electrons. The Morgan fingerprint density at radius 3 is 2.65 bits per heavy atom. The van der Waals surface area contributed by atoms with E-state index in [0.29, 0.717) is 30.5 Å². The predicted molar refractivity (Wildman–Crippen MR) is 74.1 cm³/mol. The number of methoxy groups -OCH3 is 1. The fraction of sp³-hybridized carbons (Fsp3) is 0.462. The molecule has 7 heteroatoms. The third-order valence-electron chi connectivity index (χ3n) is 2.85. The Kier molecular flexibility index (Phi) is 4.65. The molecular formula is C13H15ClF2N2O2. The van der Waals surface area contributed by atoms with E-state index >= 15 is 0 Å². The molecule has 1 aliphatic rings. The molecule has 0 spiro atoms. The van der Waals surface area contributed by atoms with Gasteiger partial charge >= 0.3 is 5.38 Å². The summed E-state index contributed by atoms with van der Waals surface area (Å²) in [6.07, 6.45) is -0.0669. The zero-order chi connectivity index (χ0) is 14.6. The molecule has 110 valence electrons. The topological polar surface area (TPSA) is 42.8 Å². The van der Waals surface area contributed by atoms with E-state index in [1.165, 1.54) is 7.11 Å². The van der Waals surface area contributed by atoms with Crippen LogP contribution in [-0.2, 0) is 4.74 Å². The van der Waals surface area contributed by atoms with Gasteiger partial charge in [0.05, 0.1) is 20.1 Å². The Labute approximate surface area is 120 Å². The third kappa shape index (κ3) is 3.96. The van der Waals surface area contributed by atoms with Crippen LogP contribution in [0.3, 0.4) is 0 Å². The van der Waals surface area contributed by atoms with Gasteiger partial charge < -0.3 is 14.8 Å². The second kappa shape index (κ2) is 6.26. The number of benzene rings is 1. The number of anilines is 1. The summed E-state index contributed by atoms with van der Waals surface area (Å²) < 4.78 is 37.0. The molecule has 2 rings (SSSR count). The SMILES string of the molecule is COc1ccc(NC(CC2=NCCO2)C(F)(F)Cl)cc1. The molecule has 1 aromatic carbocycles. The Bertz CT molecular complexity index is 474. The molecule has 0 saturated heterocycles. The van der Waals surface area contributed by atoms with Gasteiger partial charge in [-0.05, 0) is 35.9 Å². The van der Waals surface area contributed by atoms with Gasteiger partial charge in [-0.3, -0.25) is 4.99 Å². The van der Waals surface area contributed by atoms with Crippen molar-refractivity contribution in [3.05, 3.63) is 24.3 Å². The predicted octanol–water partition coefficient (Wildman–Crippen LogP) is 3.13. The lowest BCUT2D eigenvalue weighted by Gasteiger charge is -2.23. The van der Waals surface area contributed by atoms with Crippen LogP contribution in [0.2, 0.25) is 0 Å². The van der Waals surface area contributed by atoms with Gasteiger partial charge in [0, 0.05) is 5.69 Å². The van der Waals surface area contributed by atoms with Crippen LogP contribution in [0.15, 0.2) is 29.3 Å². The molecule has 0 amide bonds. The van der Waals surface area contributed by atoms with Crippen LogP contribution < -0.4 is 10.1 Å². The Balaban J connectivity index is 2.06. The molecule has 0 aromatic heterocycles. The van der Waals surface area contributed by atoms with Crippen LogP contribution in [0, 0.1) is 0 Å². The zero-order valence-electron chi connectivity index (χ0n) is 10.9. The maximum atomic E-state index is 13.4. The quantitative estimate of drug-likeness (QED) is 0.821. The summed E-state index contributed by atoms with van der Waals surface area (Å²) in [5.74, 6) is 0.949. The van der Waals surface area contributed by atoms with Gasteiger partial charge in [-0.1, -0.05) is 0 Å². The average Bonchev–Trinajstić information content (AvgIpc) is 2.91. The van der Waals surface area contributed by atoms with Crippen LogP contribution in [0.4, 0.5) is 14.5 Å². The molecule has 1 heterocycles. The lowest BCUT2D eigenvalue weighted by Crippen LogP contribution is -2.37. The van der Waals surface area contributed by atoms with Gasteiger partial charge in [0.25, 0.3) is 0 Å². The molecule has 0 saturated carbocycles. The number of nitrogens with zero attached hydrogens (tertiary/aromatic N) is 1. The summed E-state index contributed by atoms with van der Waals surface area (Å²) >= 11 is 5.15. The molecule has 1 unspecified atom stereocenters.